The quantitative estimate of drug-likeness (QED) is 0.341. The number of hydrogen-bond acceptors (Lipinski definition) is 4. The minimum absolute atomic E-state index is 0.422. The number of benzene rings is 3. The molecule has 142 valence electrons. The average Bonchev–Trinajstić information content (AvgIpc) is 3.16. The number of para-hydroxylation sites is 2. The molecule has 0 atom stereocenters. The third-order valence-electron chi connectivity index (χ3n) is 4.49. The van der Waals surface area contributed by atoms with Gasteiger partial charge in [-0.25, -0.2) is 10.4 Å². The van der Waals surface area contributed by atoms with Crippen LogP contribution in [0.3, 0.4) is 0 Å². The van der Waals surface area contributed by atoms with Crippen LogP contribution < -0.4 is 10.8 Å². The molecule has 0 radical (unpaired) electrons. The van der Waals surface area contributed by atoms with Gasteiger partial charge < -0.3 is 9.40 Å². The summed E-state index contributed by atoms with van der Waals surface area (Å²) >= 11 is 12.6. The van der Waals surface area contributed by atoms with Crippen LogP contribution in [0, 0.1) is 0 Å². The first-order valence-corrected chi connectivity index (χ1v) is 9.66. The Bertz CT molecular complexity index is 1370. The molecule has 2 heterocycles. The van der Waals surface area contributed by atoms with Gasteiger partial charge in [-0.05, 0) is 24.3 Å². The Labute approximate surface area is 175 Å². The molecule has 0 fully saturated rings. The second kappa shape index (κ2) is 7.28. The molecule has 0 bridgehead atoms. The lowest BCUT2D eigenvalue weighted by molar-refractivity contribution is 0.618. The average molecular weight is 421 g/mol. The highest BCUT2D eigenvalue weighted by Crippen LogP contribution is 2.29. The number of aromatic nitrogens is 2. The summed E-state index contributed by atoms with van der Waals surface area (Å²) in [4.78, 5) is 7.68. The van der Waals surface area contributed by atoms with Crippen molar-refractivity contribution in [1.82, 2.24) is 9.97 Å². The first kappa shape index (κ1) is 17.8. The van der Waals surface area contributed by atoms with Gasteiger partial charge in [-0.2, -0.15) is 5.10 Å². The van der Waals surface area contributed by atoms with E-state index in [0.29, 0.717) is 38.1 Å². The normalized spacial score (nSPS) is 12.0. The van der Waals surface area contributed by atoms with E-state index in [1.165, 1.54) is 0 Å². The molecular formula is C22H14Cl2N4O. The predicted octanol–water partition coefficient (Wildman–Crippen LogP) is 6.21. The minimum atomic E-state index is 0.422. The molecule has 5 rings (SSSR count). The number of nitrogens with one attached hydrogen (secondary N) is 2. The van der Waals surface area contributed by atoms with Crippen LogP contribution in [0.4, 0.5) is 5.95 Å². The van der Waals surface area contributed by atoms with Crippen LogP contribution in [0.5, 0.6) is 0 Å². The first-order chi connectivity index (χ1) is 14.2. The number of nitrogens with zero attached hydrogens (tertiary/aromatic N) is 2. The molecule has 5 nitrogen and oxygen atoms in total. The van der Waals surface area contributed by atoms with E-state index in [1.54, 1.807) is 12.1 Å². The van der Waals surface area contributed by atoms with Crippen molar-refractivity contribution in [3.63, 3.8) is 0 Å². The van der Waals surface area contributed by atoms with Crippen LogP contribution in [-0.4, -0.2) is 9.97 Å². The molecule has 0 aliphatic rings. The van der Waals surface area contributed by atoms with Gasteiger partial charge in [-0.3, -0.25) is 0 Å². The molecule has 0 aliphatic carbocycles. The fourth-order valence-corrected chi connectivity index (χ4v) is 3.68. The SMILES string of the molecule is Clc1cc(Cl)c2oc(-c3ccccc3)cc(=NNc3nc4ccccc4[nH]3)c2c1. The summed E-state index contributed by atoms with van der Waals surface area (Å²) in [6, 6.07) is 22.8. The number of anilines is 1. The van der Waals surface area contributed by atoms with Crippen molar-refractivity contribution < 1.29 is 4.42 Å². The van der Waals surface area contributed by atoms with Crippen molar-refractivity contribution in [3.8, 4) is 11.3 Å². The standard InChI is InChI=1S/C22H14Cl2N4O/c23-14-10-15-19(27-28-22-25-17-8-4-5-9-18(17)26-22)12-20(13-6-2-1-3-7-13)29-21(15)16(24)11-14/h1-12H,(H2,25,26,28). The molecule has 2 aromatic heterocycles. The zero-order valence-corrected chi connectivity index (χ0v) is 16.5. The smallest absolute Gasteiger partial charge is 0.222 e. The van der Waals surface area contributed by atoms with Gasteiger partial charge in [0.25, 0.3) is 0 Å². The molecule has 29 heavy (non-hydrogen) atoms. The topological polar surface area (TPSA) is 66.2 Å². The Morgan fingerprint density at radius 3 is 2.55 bits per heavy atom. The number of imidazole rings is 1. The van der Waals surface area contributed by atoms with Gasteiger partial charge in [0.1, 0.15) is 5.76 Å². The van der Waals surface area contributed by atoms with E-state index in [2.05, 4.69) is 20.5 Å². The molecule has 2 N–H and O–H groups in total. The Kier molecular flexibility index (Phi) is 4.46. The number of fused-ring (bicyclic) bond motifs is 2. The van der Waals surface area contributed by atoms with Gasteiger partial charge in [-0.15, -0.1) is 0 Å². The molecule has 3 aromatic carbocycles. The molecule has 0 saturated carbocycles. The van der Waals surface area contributed by atoms with E-state index in [0.717, 1.165) is 16.6 Å². The van der Waals surface area contributed by atoms with E-state index in [1.807, 2.05) is 60.7 Å². The lowest BCUT2D eigenvalue weighted by Crippen LogP contribution is -2.08. The summed E-state index contributed by atoms with van der Waals surface area (Å²) in [5.41, 5.74) is 6.21. The molecule has 0 aliphatic heterocycles. The monoisotopic (exact) mass is 420 g/mol. The summed E-state index contributed by atoms with van der Waals surface area (Å²) in [7, 11) is 0. The fraction of sp³-hybridized carbons (Fsp3) is 0. The van der Waals surface area contributed by atoms with Gasteiger partial charge in [-0.1, -0.05) is 65.7 Å². The van der Waals surface area contributed by atoms with Crippen LogP contribution in [0.15, 0.2) is 82.3 Å². The zero-order valence-electron chi connectivity index (χ0n) is 15.0. The maximum Gasteiger partial charge on any atom is 0.222 e. The van der Waals surface area contributed by atoms with Crippen molar-refractivity contribution >= 4 is 51.2 Å². The maximum absolute atomic E-state index is 6.41. The highest BCUT2D eigenvalue weighted by molar-refractivity contribution is 6.38. The predicted molar refractivity (Wildman–Crippen MR) is 117 cm³/mol. The summed E-state index contributed by atoms with van der Waals surface area (Å²) < 4.78 is 6.07. The second-order valence-corrected chi connectivity index (χ2v) is 7.30. The number of hydrogen-bond donors (Lipinski definition) is 2. The molecule has 0 spiro atoms. The number of aromatic amines is 1. The molecule has 0 amide bonds. The first-order valence-electron chi connectivity index (χ1n) is 8.90. The summed E-state index contributed by atoms with van der Waals surface area (Å²) in [6.07, 6.45) is 0. The highest BCUT2D eigenvalue weighted by atomic mass is 35.5. The lowest BCUT2D eigenvalue weighted by Gasteiger charge is -2.07. The minimum Gasteiger partial charge on any atom is -0.454 e. The van der Waals surface area contributed by atoms with Gasteiger partial charge in [0.05, 0.1) is 21.4 Å². The van der Waals surface area contributed by atoms with Gasteiger partial charge in [0.2, 0.25) is 5.95 Å². The largest absolute Gasteiger partial charge is 0.454 e. The molecular weight excluding hydrogens is 407 g/mol. The van der Waals surface area contributed by atoms with Gasteiger partial charge >= 0.3 is 0 Å². The summed E-state index contributed by atoms with van der Waals surface area (Å²) in [5.74, 6) is 1.18. The molecule has 0 unspecified atom stereocenters. The van der Waals surface area contributed by atoms with E-state index in [9.17, 15) is 0 Å². The van der Waals surface area contributed by atoms with E-state index in [4.69, 9.17) is 27.6 Å². The van der Waals surface area contributed by atoms with Crippen LogP contribution >= 0.6 is 23.2 Å². The van der Waals surface area contributed by atoms with Crippen molar-refractivity contribution in [2.24, 2.45) is 5.10 Å². The van der Waals surface area contributed by atoms with Crippen LogP contribution in [0.2, 0.25) is 10.0 Å². The Hall–Kier alpha value is -3.28. The lowest BCUT2D eigenvalue weighted by atomic mass is 10.1. The number of H-pyrrole nitrogens is 1. The van der Waals surface area contributed by atoms with Crippen molar-refractivity contribution in [2.75, 3.05) is 5.43 Å². The summed E-state index contributed by atoms with van der Waals surface area (Å²) in [6.45, 7) is 0. The second-order valence-electron chi connectivity index (χ2n) is 6.45. The number of rotatable bonds is 3. The van der Waals surface area contributed by atoms with E-state index >= 15 is 0 Å². The summed E-state index contributed by atoms with van der Waals surface area (Å²) in [5, 5.41) is 6.81. The van der Waals surface area contributed by atoms with Crippen LogP contribution in [-0.2, 0) is 0 Å². The fourth-order valence-electron chi connectivity index (χ4n) is 3.15. The number of halogens is 2. The molecule has 5 aromatic rings. The van der Waals surface area contributed by atoms with Crippen LogP contribution in [0.25, 0.3) is 33.3 Å². The zero-order chi connectivity index (χ0) is 19.8. The third-order valence-corrected chi connectivity index (χ3v) is 4.99. The van der Waals surface area contributed by atoms with Crippen molar-refractivity contribution in [1.29, 1.82) is 0 Å². The van der Waals surface area contributed by atoms with Crippen molar-refractivity contribution in [2.45, 2.75) is 0 Å². The van der Waals surface area contributed by atoms with Crippen molar-refractivity contribution in [3.05, 3.63) is 88.2 Å². The third kappa shape index (κ3) is 3.46. The Morgan fingerprint density at radius 1 is 0.931 bits per heavy atom. The maximum atomic E-state index is 6.41. The van der Waals surface area contributed by atoms with Gasteiger partial charge in [0.15, 0.2) is 5.58 Å². The van der Waals surface area contributed by atoms with Gasteiger partial charge in [0, 0.05) is 22.0 Å². The highest BCUT2D eigenvalue weighted by Gasteiger charge is 2.11. The molecule has 0 saturated heterocycles. The Morgan fingerprint density at radius 2 is 1.72 bits per heavy atom. The van der Waals surface area contributed by atoms with E-state index in [-0.39, 0.29) is 0 Å². The molecule has 7 heteroatoms. The van der Waals surface area contributed by atoms with Crippen LogP contribution in [0.1, 0.15) is 0 Å². The van der Waals surface area contributed by atoms with E-state index < -0.39 is 0 Å². The Balaban J connectivity index is 1.68.